The van der Waals surface area contributed by atoms with E-state index < -0.39 is 0 Å². The van der Waals surface area contributed by atoms with E-state index in [2.05, 4.69) is 6.92 Å². The highest BCUT2D eigenvalue weighted by Gasteiger charge is 2.05. The van der Waals surface area contributed by atoms with Crippen LogP contribution in [0.1, 0.15) is 124 Å². The highest BCUT2D eigenvalue weighted by atomic mass is 16.5. The maximum absolute atomic E-state index is 11.7. The van der Waals surface area contributed by atoms with Crippen LogP contribution in [0.25, 0.3) is 0 Å². The quantitative estimate of drug-likeness (QED) is 0.148. The second-order valence-electron chi connectivity index (χ2n) is 8.15. The summed E-state index contributed by atoms with van der Waals surface area (Å²) in [5, 5.41) is 0. The highest BCUT2D eigenvalue weighted by Crippen LogP contribution is 2.13. The van der Waals surface area contributed by atoms with Crippen molar-refractivity contribution in [2.24, 2.45) is 5.73 Å². The van der Waals surface area contributed by atoms with Crippen LogP contribution in [0, 0.1) is 0 Å². The molecule has 0 amide bonds. The molecular formula is C24H47NO2. The van der Waals surface area contributed by atoms with Gasteiger partial charge in [0.1, 0.15) is 0 Å². The standard InChI is InChI=1S/C24H47NO2/c1-4-5-6-7-8-9-10-11-12-13-14-15-16-17-18-19-20-27-24(26)22(2)21-23(3)25/h21,23H,4-20,25H2,1-3H3. The number of hydrogen-bond donors (Lipinski definition) is 1. The van der Waals surface area contributed by atoms with E-state index in [0.717, 1.165) is 12.8 Å². The van der Waals surface area contributed by atoms with Gasteiger partial charge in [0.2, 0.25) is 0 Å². The zero-order valence-electron chi connectivity index (χ0n) is 18.6. The second-order valence-corrected chi connectivity index (χ2v) is 8.15. The van der Waals surface area contributed by atoms with Gasteiger partial charge in [0, 0.05) is 11.6 Å². The van der Waals surface area contributed by atoms with Crippen LogP contribution in [-0.2, 0) is 9.53 Å². The summed E-state index contributed by atoms with van der Waals surface area (Å²) in [6, 6.07) is -0.104. The third-order valence-corrected chi connectivity index (χ3v) is 5.07. The van der Waals surface area contributed by atoms with Crippen LogP contribution < -0.4 is 5.73 Å². The van der Waals surface area contributed by atoms with Gasteiger partial charge in [0.05, 0.1) is 6.61 Å². The van der Waals surface area contributed by atoms with E-state index in [1.54, 1.807) is 13.0 Å². The van der Waals surface area contributed by atoms with Crippen molar-refractivity contribution in [2.75, 3.05) is 6.61 Å². The van der Waals surface area contributed by atoms with E-state index in [0.29, 0.717) is 12.2 Å². The molecule has 0 fully saturated rings. The van der Waals surface area contributed by atoms with Crippen LogP contribution in [0.5, 0.6) is 0 Å². The Morgan fingerprint density at radius 3 is 1.52 bits per heavy atom. The monoisotopic (exact) mass is 381 g/mol. The minimum Gasteiger partial charge on any atom is -0.462 e. The average Bonchev–Trinajstić information content (AvgIpc) is 2.63. The SMILES string of the molecule is CCCCCCCCCCCCCCCCCCOC(=O)C(C)=CC(C)N. The molecule has 0 saturated carbocycles. The Hall–Kier alpha value is -0.830. The van der Waals surface area contributed by atoms with Gasteiger partial charge in [-0.05, 0) is 20.3 Å². The molecule has 0 rings (SSSR count). The molecule has 0 aromatic heterocycles. The fraction of sp³-hybridized carbons (Fsp3) is 0.875. The van der Waals surface area contributed by atoms with Gasteiger partial charge in [0.15, 0.2) is 0 Å². The van der Waals surface area contributed by atoms with Gasteiger partial charge >= 0.3 is 5.97 Å². The summed E-state index contributed by atoms with van der Waals surface area (Å²) in [6.45, 7) is 6.43. The maximum Gasteiger partial charge on any atom is 0.333 e. The van der Waals surface area contributed by atoms with Gasteiger partial charge in [-0.1, -0.05) is 109 Å². The molecular weight excluding hydrogens is 334 g/mol. The van der Waals surface area contributed by atoms with Crippen molar-refractivity contribution in [2.45, 2.75) is 130 Å². The molecule has 0 spiro atoms. The average molecular weight is 382 g/mol. The molecule has 0 saturated heterocycles. The fourth-order valence-corrected chi connectivity index (χ4v) is 3.39. The van der Waals surface area contributed by atoms with Crippen LogP contribution in [0.2, 0.25) is 0 Å². The molecule has 0 aliphatic rings. The van der Waals surface area contributed by atoms with E-state index >= 15 is 0 Å². The summed E-state index contributed by atoms with van der Waals surface area (Å²) in [5.74, 6) is -0.228. The van der Waals surface area contributed by atoms with Crippen LogP contribution in [0.15, 0.2) is 11.6 Å². The third-order valence-electron chi connectivity index (χ3n) is 5.07. The summed E-state index contributed by atoms with van der Waals surface area (Å²) in [6.07, 6.45) is 23.4. The largest absolute Gasteiger partial charge is 0.462 e. The first-order chi connectivity index (χ1) is 13.1. The van der Waals surface area contributed by atoms with E-state index in [1.807, 2.05) is 6.92 Å². The zero-order valence-corrected chi connectivity index (χ0v) is 18.6. The molecule has 3 nitrogen and oxygen atoms in total. The Morgan fingerprint density at radius 1 is 0.778 bits per heavy atom. The lowest BCUT2D eigenvalue weighted by molar-refractivity contribution is -0.139. The van der Waals surface area contributed by atoms with E-state index in [9.17, 15) is 4.79 Å². The van der Waals surface area contributed by atoms with Crippen molar-refractivity contribution in [1.82, 2.24) is 0 Å². The van der Waals surface area contributed by atoms with Gasteiger partial charge in [-0.25, -0.2) is 4.79 Å². The van der Waals surface area contributed by atoms with Crippen molar-refractivity contribution in [3.05, 3.63) is 11.6 Å². The molecule has 0 aromatic carbocycles. The maximum atomic E-state index is 11.7. The molecule has 0 bridgehead atoms. The number of ether oxygens (including phenoxy) is 1. The Balaban J connectivity index is 3.22. The number of rotatable bonds is 19. The molecule has 160 valence electrons. The van der Waals surface area contributed by atoms with E-state index in [4.69, 9.17) is 10.5 Å². The summed E-state index contributed by atoms with van der Waals surface area (Å²) < 4.78 is 5.26. The van der Waals surface area contributed by atoms with Crippen LogP contribution >= 0.6 is 0 Å². The molecule has 0 aliphatic heterocycles. The topological polar surface area (TPSA) is 52.3 Å². The van der Waals surface area contributed by atoms with Crippen molar-refractivity contribution in [3.63, 3.8) is 0 Å². The van der Waals surface area contributed by atoms with Crippen LogP contribution in [0.4, 0.5) is 0 Å². The van der Waals surface area contributed by atoms with Gasteiger partial charge in [-0.2, -0.15) is 0 Å². The van der Waals surface area contributed by atoms with Crippen LogP contribution in [-0.4, -0.2) is 18.6 Å². The molecule has 2 N–H and O–H groups in total. The first-order valence-electron chi connectivity index (χ1n) is 11.7. The van der Waals surface area contributed by atoms with Crippen LogP contribution in [0.3, 0.4) is 0 Å². The van der Waals surface area contributed by atoms with Crippen molar-refractivity contribution in [1.29, 1.82) is 0 Å². The smallest absolute Gasteiger partial charge is 0.333 e. The molecule has 0 aromatic rings. The Kier molecular flexibility index (Phi) is 19.3. The molecule has 0 aliphatic carbocycles. The van der Waals surface area contributed by atoms with E-state index in [-0.39, 0.29) is 12.0 Å². The number of hydrogen-bond acceptors (Lipinski definition) is 3. The zero-order chi connectivity index (χ0) is 20.2. The van der Waals surface area contributed by atoms with Crippen molar-refractivity contribution < 1.29 is 9.53 Å². The minimum atomic E-state index is -0.228. The molecule has 0 heterocycles. The number of carbonyl (C=O) groups excluding carboxylic acids is 1. The summed E-state index contributed by atoms with van der Waals surface area (Å²) in [7, 11) is 0. The Morgan fingerprint density at radius 2 is 1.15 bits per heavy atom. The Bertz CT molecular complexity index is 363. The third kappa shape index (κ3) is 19.7. The van der Waals surface area contributed by atoms with E-state index in [1.165, 1.54) is 89.9 Å². The Labute approximate surface area is 169 Å². The summed E-state index contributed by atoms with van der Waals surface area (Å²) in [4.78, 5) is 11.7. The van der Waals surface area contributed by atoms with Gasteiger partial charge in [-0.3, -0.25) is 0 Å². The minimum absolute atomic E-state index is 0.104. The number of carbonyl (C=O) groups is 1. The molecule has 1 atom stereocenters. The van der Waals surface area contributed by atoms with Gasteiger partial charge < -0.3 is 10.5 Å². The normalized spacial score (nSPS) is 13.0. The van der Waals surface area contributed by atoms with Crippen molar-refractivity contribution >= 4 is 5.97 Å². The fourth-order valence-electron chi connectivity index (χ4n) is 3.39. The molecule has 27 heavy (non-hydrogen) atoms. The first-order valence-corrected chi connectivity index (χ1v) is 11.7. The van der Waals surface area contributed by atoms with Gasteiger partial charge in [0.25, 0.3) is 0 Å². The molecule has 0 radical (unpaired) electrons. The molecule has 1 unspecified atom stereocenters. The lowest BCUT2D eigenvalue weighted by Crippen LogP contribution is -2.15. The summed E-state index contributed by atoms with van der Waals surface area (Å²) >= 11 is 0. The molecule has 3 heteroatoms. The predicted molar refractivity (Wildman–Crippen MR) is 118 cm³/mol. The number of nitrogens with two attached hydrogens (primary N) is 1. The van der Waals surface area contributed by atoms with Gasteiger partial charge in [-0.15, -0.1) is 0 Å². The lowest BCUT2D eigenvalue weighted by atomic mass is 10.0. The second kappa shape index (κ2) is 19.9. The predicted octanol–water partition coefficient (Wildman–Crippen LogP) is 7.08. The van der Waals surface area contributed by atoms with Crippen molar-refractivity contribution in [3.8, 4) is 0 Å². The highest BCUT2D eigenvalue weighted by molar-refractivity contribution is 5.87. The number of unbranched alkanes of at least 4 members (excludes halogenated alkanes) is 15. The number of esters is 1. The summed E-state index contributed by atoms with van der Waals surface area (Å²) in [5.41, 5.74) is 6.25. The first kappa shape index (κ1) is 26.2. The lowest BCUT2D eigenvalue weighted by Gasteiger charge is -2.06.